The van der Waals surface area contributed by atoms with Crippen LogP contribution in [-0.4, -0.2) is 58.5 Å². The molecule has 0 aliphatic rings. The van der Waals surface area contributed by atoms with Crippen LogP contribution in [0.15, 0.2) is 73.3 Å². The summed E-state index contributed by atoms with van der Waals surface area (Å²) in [6.45, 7) is 11.2. The van der Waals surface area contributed by atoms with Crippen molar-refractivity contribution in [2.24, 2.45) is 7.05 Å². The highest BCUT2D eigenvalue weighted by atomic mass is 15.2. The van der Waals surface area contributed by atoms with E-state index in [1.165, 1.54) is 61.4 Å². The lowest BCUT2D eigenvalue weighted by Gasteiger charge is -2.21. The molecule has 2 aromatic carbocycles. The van der Waals surface area contributed by atoms with Crippen molar-refractivity contribution in [1.29, 1.82) is 0 Å². The van der Waals surface area contributed by atoms with Gasteiger partial charge in [-0.3, -0.25) is 4.90 Å². The zero-order chi connectivity index (χ0) is 29.1. The summed E-state index contributed by atoms with van der Waals surface area (Å²) in [7, 11) is 2.05. The first kappa shape index (κ1) is 29.7. The maximum Gasteiger partial charge on any atom is 0.122 e. The van der Waals surface area contributed by atoms with Crippen molar-refractivity contribution in [3.63, 3.8) is 0 Å². The molecule has 0 fully saturated rings. The topological polar surface area (TPSA) is 70.8 Å². The molecule has 0 spiro atoms. The zero-order valence-corrected chi connectivity index (χ0v) is 25.5. The maximum absolute atomic E-state index is 5.16. The summed E-state index contributed by atoms with van der Waals surface area (Å²) in [5.41, 5.74) is 4.85. The van der Waals surface area contributed by atoms with Crippen LogP contribution < -0.4 is 0 Å². The van der Waals surface area contributed by atoms with Crippen LogP contribution in [0.1, 0.15) is 68.1 Å². The highest BCUT2D eigenvalue weighted by Crippen LogP contribution is 2.23. The first-order valence-corrected chi connectivity index (χ1v) is 15.5. The Balaban J connectivity index is 1.37. The minimum absolute atomic E-state index is 0.722. The first-order valence-electron chi connectivity index (χ1n) is 15.5. The van der Waals surface area contributed by atoms with Crippen molar-refractivity contribution >= 4 is 11.0 Å². The van der Waals surface area contributed by atoms with Crippen LogP contribution in [0, 0.1) is 0 Å². The molecule has 222 valence electrons. The number of nitrogens with zero attached hydrogens (tertiary/aromatic N) is 7. The molecule has 0 unspecified atom stereocenters. The van der Waals surface area contributed by atoms with Crippen molar-refractivity contribution in [2.45, 2.75) is 72.1 Å². The third-order valence-electron chi connectivity index (χ3n) is 7.90. The van der Waals surface area contributed by atoms with Crippen LogP contribution in [0.5, 0.6) is 0 Å². The van der Waals surface area contributed by atoms with E-state index in [0.717, 1.165) is 56.2 Å². The van der Waals surface area contributed by atoms with E-state index in [9.17, 15) is 0 Å². The number of rotatable bonds is 17. The quantitative estimate of drug-likeness (QED) is 0.136. The van der Waals surface area contributed by atoms with Gasteiger partial charge in [-0.1, -0.05) is 50.2 Å². The van der Waals surface area contributed by atoms with Crippen LogP contribution >= 0.6 is 0 Å². The molecule has 0 saturated carbocycles. The van der Waals surface area contributed by atoms with Crippen molar-refractivity contribution in [3.05, 3.63) is 102 Å². The molecular formula is C34H46N8. The number of fused-ring (bicyclic) bond motifs is 1. The Kier molecular flexibility index (Phi) is 10.6. The largest absolute Gasteiger partial charge is 0.348 e. The lowest BCUT2D eigenvalue weighted by atomic mass is 10.1. The van der Waals surface area contributed by atoms with Crippen molar-refractivity contribution < 1.29 is 0 Å². The van der Waals surface area contributed by atoms with E-state index >= 15 is 0 Å². The Hall–Kier alpha value is -3.75. The second-order valence-corrected chi connectivity index (χ2v) is 11.4. The molecule has 0 atom stereocenters. The Bertz CT molecular complexity index is 1480. The van der Waals surface area contributed by atoms with Crippen LogP contribution in [-0.2, 0) is 39.6 Å². The van der Waals surface area contributed by atoms with Gasteiger partial charge in [0.05, 0.1) is 24.1 Å². The van der Waals surface area contributed by atoms with E-state index < -0.39 is 0 Å². The fraction of sp³-hybridized carbons (Fsp3) is 0.441. The number of unbranched alkanes of at least 4 members (excludes halogenated alkanes) is 1. The number of hydrogen-bond acceptors (Lipinski definition) is 5. The number of aryl methyl sites for hydroxylation is 2. The Morgan fingerprint density at radius 1 is 0.786 bits per heavy atom. The van der Waals surface area contributed by atoms with Crippen LogP contribution in [0.2, 0.25) is 0 Å². The van der Waals surface area contributed by atoms with Gasteiger partial charge < -0.3 is 19.0 Å². The van der Waals surface area contributed by atoms with Gasteiger partial charge in [-0.05, 0) is 68.6 Å². The summed E-state index contributed by atoms with van der Waals surface area (Å²) in [6.07, 6.45) is 13.3. The van der Waals surface area contributed by atoms with Gasteiger partial charge in [0.2, 0.25) is 0 Å². The average molecular weight is 567 g/mol. The smallest absolute Gasteiger partial charge is 0.122 e. The van der Waals surface area contributed by atoms with Gasteiger partial charge in [0.25, 0.3) is 0 Å². The molecule has 3 heterocycles. The third kappa shape index (κ3) is 7.95. The molecule has 0 aliphatic carbocycles. The molecule has 8 heteroatoms. The predicted molar refractivity (Wildman–Crippen MR) is 170 cm³/mol. The van der Waals surface area contributed by atoms with E-state index in [0.29, 0.717) is 0 Å². The summed E-state index contributed by atoms with van der Waals surface area (Å²) in [5, 5.41) is 0. The van der Waals surface area contributed by atoms with Crippen LogP contribution in [0.25, 0.3) is 11.0 Å². The molecule has 0 aliphatic heterocycles. The summed E-state index contributed by atoms with van der Waals surface area (Å²) >= 11 is 0. The minimum atomic E-state index is 0.722. The molecule has 0 saturated heterocycles. The van der Waals surface area contributed by atoms with Crippen LogP contribution in [0.3, 0.4) is 0 Å². The standard InChI is InChI=1S/C34H46N8/c1-4-19-40(20-5-2)21-10-9-13-33-38-30-15-14-29(23-31(30)42(33)25-28-11-7-6-8-12-28)24-41(26-32-35-16-17-36-32)27-34-37-18-22-39(34)3/h6-8,11-12,14-18,22-23H,4-5,9-10,13,19-21,24-27H2,1-3H3,(H,35,36). The van der Waals surface area contributed by atoms with E-state index in [4.69, 9.17) is 4.98 Å². The number of benzene rings is 2. The summed E-state index contributed by atoms with van der Waals surface area (Å²) in [5.74, 6) is 3.18. The van der Waals surface area contributed by atoms with Gasteiger partial charge in [0.15, 0.2) is 0 Å². The molecule has 5 aromatic rings. The van der Waals surface area contributed by atoms with E-state index in [2.05, 4.69) is 96.3 Å². The number of aromatic amines is 1. The molecule has 1 N–H and O–H groups in total. The van der Waals surface area contributed by atoms with Gasteiger partial charge in [-0.2, -0.15) is 0 Å². The fourth-order valence-electron chi connectivity index (χ4n) is 5.81. The molecule has 0 amide bonds. The molecular weight excluding hydrogens is 520 g/mol. The number of H-pyrrole nitrogens is 1. The van der Waals surface area contributed by atoms with Crippen LogP contribution in [0.4, 0.5) is 0 Å². The maximum atomic E-state index is 5.16. The van der Waals surface area contributed by atoms with Gasteiger partial charge in [-0.25, -0.2) is 15.0 Å². The van der Waals surface area contributed by atoms with E-state index in [1.807, 2.05) is 31.8 Å². The monoisotopic (exact) mass is 566 g/mol. The first-order chi connectivity index (χ1) is 20.6. The Morgan fingerprint density at radius 2 is 1.62 bits per heavy atom. The zero-order valence-electron chi connectivity index (χ0n) is 25.5. The van der Waals surface area contributed by atoms with Crippen molar-refractivity contribution in [3.8, 4) is 0 Å². The van der Waals surface area contributed by atoms with Crippen molar-refractivity contribution in [1.82, 2.24) is 38.9 Å². The van der Waals surface area contributed by atoms with Crippen molar-refractivity contribution in [2.75, 3.05) is 19.6 Å². The molecule has 8 nitrogen and oxygen atoms in total. The van der Waals surface area contributed by atoms with Gasteiger partial charge in [-0.15, -0.1) is 0 Å². The summed E-state index contributed by atoms with van der Waals surface area (Å²) < 4.78 is 4.53. The van der Waals surface area contributed by atoms with Gasteiger partial charge in [0, 0.05) is 51.3 Å². The predicted octanol–water partition coefficient (Wildman–Crippen LogP) is 6.19. The Morgan fingerprint density at radius 3 is 2.33 bits per heavy atom. The molecule has 42 heavy (non-hydrogen) atoms. The highest BCUT2D eigenvalue weighted by molar-refractivity contribution is 5.77. The SMILES string of the molecule is CCCN(CCC)CCCCc1nc2ccc(CN(Cc3ncc[nH]3)Cc3nccn3C)cc2n1Cc1ccccc1. The lowest BCUT2D eigenvalue weighted by Crippen LogP contribution is -2.26. The summed E-state index contributed by atoms with van der Waals surface area (Å²) in [6, 6.07) is 17.5. The molecule has 0 radical (unpaired) electrons. The number of hydrogen-bond donors (Lipinski definition) is 1. The van der Waals surface area contributed by atoms with E-state index in [-0.39, 0.29) is 0 Å². The normalized spacial score (nSPS) is 11.8. The summed E-state index contributed by atoms with van der Waals surface area (Å²) in [4.78, 5) is 22.5. The molecule has 3 aromatic heterocycles. The number of aromatic nitrogens is 6. The second kappa shape index (κ2) is 14.9. The minimum Gasteiger partial charge on any atom is -0.348 e. The highest BCUT2D eigenvalue weighted by Gasteiger charge is 2.16. The van der Waals surface area contributed by atoms with E-state index in [1.54, 1.807) is 0 Å². The lowest BCUT2D eigenvalue weighted by molar-refractivity contribution is 0.233. The Labute approximate surface area is 250 Å². The molecule has 5 rings (SSSR count). The average Bonchev–Trinajstić information content (AvgIpc) is 3.73. The second-order valence-electron chi connectivity index (χ2n) is 11.4. The van der Waals surface area contributed by atoms with Gasteiger partial charge in [0.1, 0.15) is 17.5 Å². The van der Waals surface area contributed by atoms with Gasteiger partial charge >= 0.3 is 0 Å². The fourth-order valence-corrected chi connectivity index (χ4v) is 5.81. The molecule has 0 bridgehead atoms. The number of imidazole rings is 3. The third-order valence-corrected chi connectivity index (χ3v) is 7.90. The number of nitrogens with one attached hydrogen (secondary N) is 1.